The fourth-order valence-corrected chi connectivity index (χ4v) is 2.88. The van der Waals surface area contributed by atoms with E-state index in [4.69, 9.17) is 19.3 Å². The topological polar surface area (TPSA) is 77.0 Å². The summed E-state index contributed by atoms with van der Waals surface area (Å²) in [5.41, 5.74) is 0. The summed E-state index contributed by atoms with van der Waals surface area (Å²) in [6.45, 7) is 7.73. The van der Waals surface area contributed by atoms with Gasteiger partial charge in [-0.25, -0.2) is 0 Å². The lowest BCUT2D eigenvalue weighted by atomic mass is 9.78. The number of amides is 1. The molecule has 23 heavy (non-hydrogen) atoms. The molecule has 1 aliphatic rings. The Bertz CT molecular complexity index is 383. The predicted octanol–water partition coefficient (Wildman–Crippen LogP) is 1.69. The van der Waals surface area contributed by atoms with E-state index in [2.05, 4.69) is 19.2 Å². The normalized spacial score (nSPS) is 24.3. The van der Waals surface area contributed by atoms with Crippen molar-refractivity contribution in [1.29, 1.82) is 0 Å². The van der Waals surface area contributed by atoms with Gasteiger partial charge < -0.3 is 24.6 Å². The van der Waals surface area contributed by atoms with Gasteiger partial charge in [0.2, 0.25) is 6.29 Å². The van der Waals surface area contributed by atoms with E-state index in [1.807, 2.05) is 13.0 Å². The van der Waals surface area contributed by atoms with Gasteiger partial charge in [0, 0.05) is 32.8 Å². The third kappa shape index (κ3) is 6.12. The first-order valence-electron chi connectivity index (χ1n) is 8.43. The number of rotatable bonds is 10. The van der Waals surface area contributed by atoms with Crippen molar-refractivity contribution < 1.29 is 24.1 Å². The lowest BCUT2D eigenvalue weighted by molar-refractivity contribution is -0.175. The summed E-state index contributed by atoms with van der Waals surface area (Å²) in [6.07, 6.45) is 2.96. The van der Waals surface area contributed by atoms with Gasteiger partial charge in [0.1, 0.15) is 0 Å². The zero-order chi connectivity index (χ0) is 17.2. The van der Waals surface area contributed by atoms with Crippen LogP contribution in [0.25, 0.3) is 0 Å². The maximum absolute atomic E-state index is 12.3. The van der Waals surface area contributed by atoms with Gasteiger partial charge in [-0.1, -0.05) is 13.8 Å². The summed E-state index contributed by atoms with van der Waals surface area (Å²) in [5.74, 6) is 0.747. The van der Waals surface area contributed by atoms with Crippen LogP contribution in [-0.2, 0) is 19.0 Å². The lowest BCUT2D eigenvalue weighted by Crippen LogP contribution is -2.41. The van der Waals surface area contributed by atoms with Crippen molar-refractivity contribution in [1.82, 2.24) is 5.32 Å². The Labute approximate surface area is 139 Å². The number of carbonyl (C=O) groups excluding carboxylic acids is 1. The first-order chi connectivity index (χ1) is 11.0. The van der Waals surface area contributed by atoms with E-state index in [9.17, 15) is 4.79 Å². The van der Waals surface area contributed by atoms with Crippen LogP contribution in [0.4, 0.5) is 0 Å². The second-order valence-corrected chi connectivity index (χ2v) is 6.07. The van der Waals surface area contributed by atoms with Gasteiger partial charge in [-0.05, 0) is 37.7 Å². The number of nitrogens with one attached hydrogen (secondary N) is 1. The highest BCUT2D eigenvalue weighted by molar-refractivity contribution is 5.91. The minimum Gasteiger partial charge on any atom is -0.459 e. The van der Waals surface area contributed by atoms with Gasteiger partial charge in [0.15, 0.2) is 5.76 Å². The van der Waals surface area contributed by atoms with Crippen LogP contribution in [0.5, 0.6) is 0 Å². The van der Waals surface area contributed by atoms with E-state index in [-0.39, 0.29) is 24.3 Å². The van der Waals surface area contributed by atoms with Crippen LogP contribution in [0.15, 0.2) is 11.8 Å². The first-order valence-corrected chi connectivity index (χ1v) is 8.43. The number of carbonyl (C=O) groups is 1. The van der Waals surface area contributed by atoms with Gasteiger partial charge in [-0.2, -0.15) is 0 Å². The van der Waals surface area contributed by atoms with E-state index < -0.39 is 6.29 Å². The Morgan fingerprint density at radius 3 is 2.78 bits per heavy atom. The number of ether oxygens (including phenoxy) is 3. The highest BCUT2D eigenvalue weighted by atomic mass is 16.7. The van der Waals surface area contributed by atoms with E-state index >= 15 is 0 Å². The molecule has 2 N–H and O–H groups in total. The molecule has 0 aliphatic carbocycles. The quantitative estimate of drug-likeness (QED) is 0.596. The van der Waals surface area contributed by atoms with E-state index in [0.717, 1.165) is 6.42 Å². The van der Waals surface area contributed by atoms with Crippen LogP contribution in [0.3, 0.4) is 0 Å². The molecule has 0 fully saturated rings. The van der Waals surface area contributed by atoms with E-state index in [1.54, 1.807) is 7.11 Å². The molecule has 3 atom stereocenters. The monoisotopic (exact) mass is 329 g/mol. The van der Waals surface area contributed by atoms with Crippen molar-refractivity contribution in [2.75, 3.05) is 33.5 Å². The van der Waals surface area contributed by atoms with Gasteiger partial charge in [-0.15, -0.1) is 0 Å². The predicted molar refractivity (Wildman–Crippen MR) is 87.6 cm³/mol. The Morgan fingerprint density at radius 1 is 1.48 bits per heavy atom. The molecule has 0 radical (unpaired) electrons. The number of hydrogen-bond donors (Lipinski definition) is 2. The molecule has 0 saturated carbocycles. The first kappa shape index (κ1) is 19.9. The molecule has 0 aromatic carbocycles. The maximum atomic E-state index is 12.3. The minimum absolute atomic E-state index is 0.137. The number of aliphatic hydroxyl groups excluding tert-OH is 1. The van der Waals surface area contributed by atoms with Crippen LogP contribution in [0.1, 0.15) is 33.6 Å². The smallest absolute Gasteiger partial charge is 0.286 e. The van der Waals surface area contributed by atoms with Gasteiger partial charge in [0.25, 0.3) is 5.91 Å². The summed E-state index contributed by atoms with van der Waals surface area (Å²) in [7, 11) is 1.59. The fraction of sp³-hybridized carbons (Fsp3) is 0.824. The van der Waals surface area contributed by atoms with E-state index in [1.165, 1.54) is 0 Å². The van der Waals surface area contributed by atoms with Crippen molar-refractivity contribution >= 4 is 5.91 Å². The highest BCUT2D eigenvalue weighted by Gasteiger charge is 2.38. The molecular formula is C17H31NO5. The van der Waals surface area contributed by atoms with Crippen molar-refractivity contribution in [3.63, 3.8) is 0 Å². The summed E-state index contributed by atoms with van der Waals surface area (Å²) in [6, 6.07) is 0. The molecule has 1 amide bonds. The second-order valence-electron chi connectivity index (χ2n) is 6.07. The highest BCUT2D eigenvalue weighted by Crippen LogP contribution is 2.36. The Morgan fingerprint density at radius 2 is 2.22 bits per heavy atom. The van der Waals surface area contributed by atoms with Gasteiger partial charge in [0.05, 0.1) is 6.61 Å². The molecule has 0 unspecified atom stereocenters. The summed E-state index contributed by atoms with van der Waals surface area (Å²) in [4.78, 5) is 12.3. The summed E-state index contributed by atoms with van der Waals surface area (Å²) in [5, 5.41) is 11.9. The average molecular weight is 329 g/mol. The largest absolute Gasteiger partial charge is 0.459 e. The van der Waals surface area contributed by atoms with Crippen LogP contribution in [0, 0.1) is 17.8 Å². The van der Waals surface area contributed by atoms with Crippen molar-refractivity contribution in [3.8, 4) is 0 Å². The standard InChI is InChI=1S/C17H31NO5/c1-5-22-17-13(7-6-9-19)14(12(2)3)11-15(23-17)16(20)18-8-10-21-4/h11-14,17,19H,5-10H2,1-4H3,(H,18,20)/t13-,14+,17+/m0/s1. The third-order valence-electron chi connectivity index (χ3n) is 4.04. The summed E-state index contributed by atoms with van der Waals surface area (Å²) < 4.78 is 16.5. The van der Waals surface area contributed by atoms with Crippen LogP contribution in [0.2, 0.25) is 0 Å². The van der Waals surface area contributed by atoms with Crippen LogP contribution >= 0.6 is 0 Å². The molecule has 134 valence electrons. The number of methoxy groups -OCH3 is 1. The van der Waals surface area contributed by atoms with Crippen LogP contribution in [-0.4, -0.2) is 50.8 Å². The number of allylic oxidation sites excluding steroid dienone is 1. The third-order valence-corrected chi connectivity index (χ3v) is 4.04. The molecule has 6 heteroatoms. The molecule has 6 nitrogen and oxygen atoms in total. The Balaban J connectivity index is 2.88. The zero-order valence-electron chi connectivity index (χ0n) is 14.7. The molecular weight excluding hydrogens is 298 g/mol. The molecule has 1 aliphatic heterocycles. The van der Waals surface area contributed by atoms with Crippen molar-refractivity contribution in [3.05, 3.63) is 11.8 Å². The fourth-order valence-electron chi connectivity index (χ4n) is 2.88. The molecule has 1 rings (SSSR count). The molecule has 0 bridgehead atoms. The number of aliphatic hydroxyl groups is 1. The van der Waals surface area contributed by atoms with Gasteiger partial charge >= 0.3 is 0 Å². The average Bonchev–Trinajstić information content (AvgIpc) is 2.53. The minimum atomic E-state index is -0.452. The maximum Gasteiger partial charge on any atom is 0.286 e. The van der Waals surface area contributed by atoms with Crippen LogP contribution < -0.4 is 5.32 Å². The molecule has 1 heterocycles. The molecule has 0 aromatic rings. The second kappa shape index (κ2) is 10.6. The lowest BCUT2D eigenvalue weighted by Gasteiger charge is -2.38. The van der Waals surface area contributed by atoms with E-state index in [0.29, 0.717) is 37.9 Å². The van der Waals surface area contributed by atoms with Gasteiger partial charge in [-0.3, -0.25) is 4.79 Å². The van der Waals surface area contributed by atoms with Crippen molar-refractivity contribution in [2.24, 2.45) is 17.8 Å². The zero-order valence-corrected chi connectivity index (χ0v) is 14.7. The number of hydrogen-bond acceptors (Lipinski definition) is 5. The van der Waals surface area contributed by atoms with Crippen molar-refractivity contribution in [2.45, 2.75) is 39.9 Å². The Kier molecular flexibility index (Phi) is 9.21. The molecule has 0 aromatic heterocycles. The molecule has 0 spiro atoms. The molecule has 0 saturated heterocycles. The Hall–Kier alpha value is -1.11. The summed E-state index contributed by atoms with van der Waals surface area (Å²) >= 11 is 0. The SMILES string of the molecule is CCO[C@@H]1OC(C(=O)NCCOC)=C[C@H](C(C)C)[C@@H]1CCCO.